The Hall–Kier alpha value is -1.58. The lowest BCUT2D eigenvalue weighted by atomic mass is 10.1. The molecule has 0 radical (unpaired) electrons. The van der Waals surface area contributed by atoms with Crippen LogP contribution in [0.1, 0.15) is 40.5 Å². The van der Waals surface area contributed by atoms with Crippen LogP contribution in [0.4, 0.5) is 8.78 Å². The van der Waals surface area contributed by atoms with Crippen LogP contribution in [-0.2, 0) is 0 Å². The van der Waals surface area contributed by atoms with Crippen LogP contribution in [0, 0.1) is 0 Å². The standard InChI is InChI=1S/C8H12F2.C4H4N2.C2H6/c1-6(2)4-5-7(3)8(9)10;1-2-4-6-5-3-1;1-2/h1,4-5H2,2-3H3;1-4H;1-2H3. The summed E-state index contributed by atoms with van der Waals surface area (Å²) in [6.07, 6.45) is 2.81. The molecule has 0 saturated carbocycles. The van der Waals surface area contributed by atoms with Crippen LogP contribution in [0.2, 0.25) is 0 Å². The minimum Gasteiger partial charge on any atom is -0.173 e. The molecule has 0 atom stereocenters. The predicted molar refractivity (Wildman–Crippen MR) is 72.3 cm³/mol. The van der Waals surface area contributed by atoms with Crippen LogP contribution in [0.25, 0.3) is 0 Å². The Morgan fingerprint density at radius 2 is 1.44 bits per heavy atom. The van der Waals surface area contributed by atoms with E-state index in [2.05, 4.69) is 16.8 Å². The molecular weight excluding hydrogens is 234 g/mol. The fourth-order valence-electron chi connectivity index (χ4n) is 0.749. The molecule has 0 aliphatic carbocycles. The highest BCUT2D eigenvalue weighted by Gasteiger charge is 1.98. The smallest absolute Gasteiger partial charge is 0.173 e. The largest absolute Gasteiger partial charge is 0.269 e. The quantitative estimate of drug-likeness (QED) is 0.710. The summed E-state index contributed by atoms with van der Waals surface area (Å²) in [4.78, 5) is 0. The molecule has 1 rings (SSSR count). The van der Waals surface area contributed by atoms with Gasteiger partial charge in [0.15, 0.2) is 0 Å². The van der Waals surface area contributed by atoms with E-state index in [1.807, 2.05) is 32.9 Å². The molecule has 0 fully saturated rings. The second-order valence-electron chi connectivity index (χ2n) is 3.41. The Bertz CT molecular complexity index is 304. The van der Waals surface area contributed by atoms with Crippen molar-refractivity contribution >= 4 is 0 Å². The summed E-state index contributed by atoms with van der Waals surface area (Å²) < 4.78 is 23.5. The fourth-order valence-corrected chi connectivity index (χ4v) is 0.749. The number of hydrogen-bond donors (Lipinski definition) is 0. The molecular formula is C14H22F2N2. The van der Waals surface area contributed by atoms with Gasteiger partial charge in [-0.15, -0.1) is 6.58 Å². The van der Waals surface area contributed by atoms with E-state index in [1.54, 1.807) is 12.4 Å². The van der Waals surface area contributed by atoms with Crippen molar-refractivity contribution in [1.29, 1.82) is 0 Å². The Kier molecular flexibility index (Phi) is 14.1. The number of rotatable bonds is 3. The zero-order valence-corrected chi connectivity index (χ0v) is 11.6. The van der Waals surface area contributed by atoms with Crippen molar-refractivity contribution in [2.75, 3.05) is 0 Å². The van der Waals surface area contributed by atoms with Crippen LogP contribution < -0.4 is 0 Å². The third-order valence-corrected chi connectivity index (χ3v) is 1.73. The molecule has 0 aliphatic heterocycles. The molecule has 2 nitrogen and oxygen atoms in total. The van der Waals surface area contributed by atoms with Crippen molar-refractivity contribution in [3.05, 3.63) is 48.3 Å². The van der Waals surface area contributed by atoms with Gasteiger partial charge in [-0.1, -0.05) is 19.4 Å². The van der Waals surface area contributed by atoms with Gasteiger partial charge in [0.1, 0.15) is 0 Å². The van der Waals surface area contributed by atoms with E-state index in [0.717, 1.165) is 5.57 Å². The number of aromatic nitrogens is 2. The van der Waals surface area contributed by atoms with Crippen molar-refractivity contribution in [2.45, 2.75) is 40.5 Å². The Morgan fingerprint density at radius 3 is 1.67 bits per heavy atom. The van der Waals surface area contributed by atoms with Gasteiger partial charge in [-0.2, -0.15) is 19.0 Å². The third kappa shape index (κ3) is 14.4. The minimum absolute atomic E-state index is 0.169. The summed E-state index contributed by atoms with van der Waals surface area (Å²) >= 11 is 0. The second-order valence-corrected chi connectivity index (χ2v) is 3.41. The molecule has 0 aliphatic rings. The highest BCUT2D eigenvalue weighted by Crippen LogP contribution is 2.14. The van der Waals surface area contributed by atoms with Crippen molar-refractivity contribution in [2.24, 2.45) is 0 Å². The van der Waals surface area contributed by atoms with E-state index in [1.165, 1.54) is 6.92 Å². The first-order valence-corrected chi connectivity index (χ1v) is 5.91. The maximum Gasteiger partial charge on any atom is 0.269 e. The first-order valence-electron chi connectivity index (χ1n) is 5.91. The van der Waals surface area contributed by atoms with Crippen molar-refractivity contribution in [1.82, 2.24) is 10.2 Å². The van der Waals surface area contributed by atoms with Gasteiger partial charge in [0.05, 0.1) is 0 Å². The average molecular weight is 256 g/mol. The number of hydrogen-bond acceptors (Lipinski definition) is 2. The highest BCUT2D eigenvalue weighted by atomic mass is 19.3. The van der Waals surface area contributed by atoms with Crippen LogP contribution in [0.15, 0.2) is 48.3 Å². The normalized spacial score (nSPS) is 8.11. The Balaban J connectivity index is 0. The van der Waals surface area contributed by atoms with E-state index >= 15 is 0 Å². The molecule has 0 bridgehead atoms. The Morgan fingerprint density at radius 1 is 1.00 bits per heavy atom. The molecule has 0 unspecified atom stereocenters. The Labute approximate surface area is 108 Å². The van der Waals surface area contributed by atoms with Gasteiger partial charge in [-0.05, 0) is 44.4 Å². The summed E-state index contributed by atoms with van der Waals surface area (Å²) in [7, 11) is 0. The summed E-state index contributed by atoms with van der Waals surface area (Å²) in [6.45, 7) is 10.9. The van der Waals surface area contributed by atoms with Gasteiger partial charge in [-0.3, -0.25) is 0 Å². The maximum absolute atomic E-state index is 11.7. The van der Waals surface area contributed by atoms with Gasteiger partial charge in [0, 0.05) is 12.4 Å². The summed E-state index contributed by atoms with van der Waals surface area (Å²) in [5, 5.41) is 7.07. The minimum atomic E-state index is -1.55. The monoisotopic (exact) mass is 256 g/mol. The number of halogens is 2. The molecule has 0 aromatic carbocycles. The van der Waals surface area contributed by atoms with E-state index in [0.29, 0.717) is 12.8 Å². The lowest BCUT2D eigenvalue weighted by molar-refractivity contribution is 0.408. The summed E-state index contributed by atoms with van der Waals surface area (Å²) in [5.74, 6) is 0. The molecule has 102 valence electrons. The van der Waals surface area contributed by atoms with Crippen LogP contribution in [-0.4, -0.2) is 10.2 Å². The van der Waals surface area contributed by atoms with E-state index in [4.69, 9.17) is 0 Å². The van der Waals surface area contributed by atoms with Crippen LogP contribution >= 0.6 is 0 Å². The van der Waals surface area contributed by atoms with Crippen molar-refractivity contribution in [3.63, 3.8) is 0 Å². The van der Waals surface area contributed by atoms with Gasteiger partial charge in [0.2, 0.25) is 0 Å². The van der Waals surface area contributed by atoms with Crippen LogP contribution in [0.5, 0.6) is 0 Å². The first kappa shape index (κ1) is 18.8. The lowest BCUT2D eigenvalue weighted by Gasteiger charge is -1.97. The van der Waals surface area contributed by atoms with Gasteiger partial charge >= 0.3 is 0 Å². The van der Waals surface area contributed by atoms with Crippen molar-refractivity contribution < 1.29 is 8.78 Å². The molecule has 4 heteroatoms. The van der Waals surface area contributed by atoms with E-state index < -0.39 is 6.08 Å². The van der Waals surface area contributed by atoms with Gasteiger partial charge in [-0.25, -0.2) is 0 Å². The fraction of sp³-hybridized carbons (Fsp3) is 0.429. The molecule has 1 aromatic rings. The molecule has 18 heavy (non-hydrogen) atoms. The molecule has 0 saturated heterocycles. The highest BCUT2D eigenvalue weighted by molar-refractivity contribution is 5.02. The summed E-state index contributed by atoms with van der Waals surface area (Å²) in [6, 6.07) is 3.65. The van der Waals surface area contributed by atoms with Gasteiger partial charge < -0.3 is 0 Å². The topological polar surface area (TPSA) is 25.8 Å². The lowest BCUT2D eigenvalue weighted by Crippen LogP contribution is -1.80. The molecule has 1 heterocycles. The first-order chi connectivity index (χ1) is 8.54. The summed E-state index contributed by atoms with van der Waals surface area (Å²) in [5.41, 5.74) is 1.11. The predicted octanol–water partition coefficient (Wildman–Crippen LogP) is 5.02. The molecule has 1 aromatic heterocycles. The van der Waals surface area contributed by atoms with E-state index in [-0.39, 0.29) is 5.57 Å². The van der Waals surface area contributed by atoms with E-state index in [9.17, 15) is 8.78 Å². The maximum atomic E-state index is 11.7. The molecule has 0 amide bonds. The average Bonchev–Trinajstić information content (AvgIpc) is 2.40. The SMILES string of the molecule is C=C(C)CCC(C)=C(F)F.CC.c1ccnnc1. The van der Waals surface area contributed by atoms with Crippen molar-refractivity contribution in [3.8, 4) is 0 Å². The molecule has 0 spiro atoms. The van der Waals surface area contributed by atoms with Gasteiger partial charge in [0.25, 0.3) is 6.08 Å². The zero-order valence-electron chi connectivity index (χ0n) is 11.6. The number of allylic oxidation sites excluding steroid dienone is 2. The second kappa shape index (κ2) is 13.5. The molecule has 0 N–H and O–H groups in total. The third-order valence-electron chi connectivity index (χ3n) is 1.73. The van der Waals surface area contributed by atoms with Crippen LogP contribution in [0.3, 0.4) is 0 Å². The number of nitrogens with zero attached hydrogens (tertiary/aromatic N) is 2. The zero-order chi connectivity index (χ0) is 14.4.